The van der Waals surface area contributed by atoms with E-state index in [9.17, 15) is 9.18 Å². The lowest BCUT2D eigenvalue weighted by molar-refractivity contribution is 0.0949. The molecular formula is C18H19FN4OS. The summed E-state index contributed by atoms with van der Waals surface area (Å²) in [7, 11) is 1.81. The van der Waals surface area contributed by atoms with E-state index in [1.807, 2.05) is 25.5 Å². The Bertz CT molecular complexity index is 887. The van der Waals surface area contributed by atoms with Crippen LogP contribution in [0.1, 0.15) is 27.5 Å². The molecular weight excluding hydrogens is 339 g/mol. The zero-order chi connectivity index (χ0) is 17.8. The molecule has 0 aliphatic heterocycles. The Hall–Kier alpha value is -2.54. The summed E-state index contributed by atoms with van der Waals surface area (Å²) in [6, 6.07) is 4.52. The number of rotatable bonds is 6. The highest BCUT2D eigenvalue weighted by molar-refractivity contribution is 7.09. The minimum atomic E-state index is -0.527. The molecule has 0 unspecified atom stereocenters. The predicted molar refractivity (Wildman–Crippen MR) is 96.1 cm³/mol. The number of aryl methyl sites for hydroxylation is 3. The number of hydrogen-bond acceptors (Lipinski definition) is 4. The van der Waals surface area contributed by atoms with Gasteiger partial charge in [0.1, 0.15) is 5.82 Å². The summed E-state index contributed by atoms with van der Waals surface area (Å²) in [4.78, 5) is 16.7. The summed E-state index contributed by atoms with van der Waals surface area (Å²) in [6.07, 6.45) is 5.08. The van der Waals surface area contributed by atoms with Gasteiger partial charge in [0.15, 0.2) is 0 Å². The van der Waals surface area contributed by atoms with Crippen LogP contribution in [0.15, 0.2) is 36.0 Å². The molecule has 0 fully saturated rings. The monoisotopic (exact) mass is 358 g/mol. The number of nitrogens with one attached hydrogen (secondary N) is 1. The third-order valence-electron chi connectivity index (χ3n) is 3.77. The molecule has 0 bridgehead atoms. The SMILES string of the molecule is Cc1csc(CCCNC(=O)c2cc(-c3cnn(C)c3)ccc2F)n1. The van der Waals surface area contributed by atoms with E-state index in [2.05, 4.69) is 15.4 Å². The van der Waals surface area contributed by atoms with Crippen LogP contribution in [-0.4, -0.2) is 27.2 Å². The van der Waals surface area contributed by atoms with Crippen molar-refractivity contribution in [3.8, 4) is 11.1 Å². The topological polar surface area (TPSA) is 59.8 Å². The molecule has 2 aromatic heterocycles. The fourth-order valence-electron chi connectivity index (χ4n) is 2.50. The van der Waals surface area contributed by atoms with Gasteiger partial charge in [-0.1, -0.05) is 6.07 Å². The average molecular weight is 358 g/mol. The van der Waals surface area contributed by atoms with Gasteiger partial charge in [-0.05, 0) is 31.0 Å². The first-order valence-corrected chi connectivity index (χ1v) is 8.88. The summed E-state index contributed by atoms with van der Waals surface area (Å²) in [5, 5.41) is 9.94. The van der Waals surface area contributed by atoms with E-state index < -0.39 is 11.7 Å². The molecule has 2 heterocycles. The average Bonchev–Trinajstić information content (AvgIpc) is 3.20. The van der Waals surface area contributed by atoms with Gasteiger partial charge in [0.2, 0.25) is 0 Å². The highest BCUT2D eigenvalue weighted by Crippen LogP contribution is 2.21. The summed E-state index contributed by atoms with van der Waals surface area (Å²) >= 11 is 1.62. The second kappa shape index (κ2) is 7.57. The quantitative estimate of drug-likeness (QED) is 0.688. The van der Waals surface area contributed by atoms with Gasteiger partial charge in [0.05, 0.1) is 16.8 Å². The number of thiazole rings is 1. The van der Waals surface area contributed by atoms with Crippen molar-refractivity contribution in [1.29, 1.82) is 0 Å². The first-order chi connectivity index (χ1) is 12.0. The molecule has 5 nitrogen and oxygen atoms in total. The van der Waals surface area contributed by atoms with E-state index in [0.717, 1.165) is 34.7 Å². The molecule has 3 rings (SSSR count). The van der Waals surface area contributed by atoms with Crippen LogP contribution >= 0.6 is 11.3 Å². The number of carbonyl (C=O) groups excluding carboxylic acids is 1. The lowest BCUT2D eigenvalue weighted by Crippen LogP contribution is -2.25. The van der Waals surface area contributed by atoms with Gasteiger partial charge in [-0.3, -0.25) is 9.48 Å². The Morgan fingerprint density at radius 1 is 1.36 bits per heavy atom. The lowest BCUT2D eigenvalue weighted by atomic mass is 10.1. The zero-order valence-corrected chi connectivity index (χ0v) is 14.9. The first kappa shape index (κ1) is 17.3. The van der Waals surface area contributed by atoms with Crippen LogP contribution < -0.4 is 5.32 Å². The second-order valence-corrected chi connectivity index (χ2v) is 6.78. The van der Waals surface area contributed by atoms with Crippen molar-refractivity contribution in [3.63, 3.8) is 0 Å². The number of halogens is 1. The van der Waals surface area contributed by atoms with Crippen LogP contribution in [0.5, 0.6) is 0 Å². The van der Waals surface area contributed by atoms with Gasteiger partial charge in [-0.15, -0.1) is 11.3 Å². The van der Waals surface area contributed by atoms with E-state index in [0.29, 0.717) is 6.54 Å². The first-order valence-electron chi connectivity index (χ1n) is 8.00. The molecule has 1 aromatic carbocycles. The Labute approximate surface area is 149 Å². The van der Waals surface area contributed by atoms with Crippen molar-refractivity contribution in [2.45, 2.75) is 19.8 Å². The molecule has 130 valence electrons. The lowest BCUT2D eigenvalue weighted by Gasteiger charge is -2.07. The van der Waals surface area contributed by atoms with Gasteiger partial charge in [-0.2, -0.15) is 5.10 Å². The molecule has 0 spiro atoms. The maximum atomic E-state index is 14.0. The van der Waals surface area contributed by atoms with Gasteiger partial charge in [-0.25, -0.2) is 9.37 Å². The number of amides is 1. The van der Waals surface area contributed by atoms with Gasteiger partial charge < -0.3 is 5.32 Å². The fourth-order valence-corrected chi connectivity index (χ4v) is 3.32. The van der Waals surface area contributed by atoms with Crippen LogP contribution in [0.3, 0.4) is 0 Å². The summed E-state index contributed by atoms with van der Waals surface area (Å²) < 4.78 is 15.7. The van der Waals surface area contributed by atoms with Crippen molar-refractivity contribution in [3.05, 3.63) is 58.1 Å². The van der Waals surface area contributed by atoms with E-state index in [-0.39, 0.29) is 5.56 Å². The van der Waals surface area contributed by atoms with Gasteiger partial charge >= 0.3 is 0 Å². The van der Waals surface area contributed by atoms with Crippen molar-refractivity contribution >= 4 is 17.2 Å². The van der Waals surface area contributed by atoms with Crippen LogP contribution in [0.2, 0.25) is 0 Å². The Balaban J connectivity index is 1.61. The molecule has 1 N–H and O–H groups in total. The Morgan fingerprint density at radius 2 is 2.20 bits per heavy atom. The summed E-state index contributed by atoms with van der Waals surface area (Å²) in [5.41, 5.74) is 2.67. The maximum absolute atomic E-state index is 14.0. The molecule has 0 atom stereocenters. The van der Waals surface area contributed by atoms with Gasteiger partial charge in [0, 0.05) is 42.8 Å². The summed E-state index contributed by atoms with van der Waals surface area (Å²) in [5.74, 6) is -0.931. The largest absolute Gasteiger partial charge is 0.352 e. The molecule has 7 heteroatoms. The smallest absolute Gasteiger partial charge is 0.254 e. The van der Waals surface area contributed by atoms with Gasteiger partial charge in [0.25, 0.3) is 5.91 Å². The van der Waals surface area contributed by atoms with Crippen molar-refractivity contribution in [2.75, 3.05) is 6.54 Å². The second-order valence-electron chi connectivity index (χ2n) is 5.84. The van der Waals surface area contributed by atoms with Crippen LogP contribution in [0.4, 0.5) is 4.39 Å². The maximum Gasteiger partial charge on any atom is 0.254 e. The highest BCUT2D eigenvalue weighted by Gasteiger charge is 2.13. The predicted octanol–water partition coefficient (Wildman–Crippen LogP) is 3.35. The third-order valence-corrected chi connectivity index (χ3v) is 4.80. The fraction of sp³-hybridized carbons (Fsp3) is 0.278. The number of hydrogen-bond donors (Lipinski definition) is 1. The standard InChI is InChI=1S/C18H19FN4OS/c1-12-11-25-17(22-12)4-3-7-20-18(24)15-8-13(5-6-16(15)19)14-9-21-23(2)10-14/h5-6,8-11H,3-4,7H2,1-2H3,(H,20,24). The van der Waals surface area contributed by atoms with E-state index in [1.54, 1.807) is 34.3 Å². The normalized spacial score (nSPS) is 10.8. The molecule has 1 amide bonds. The van der Waals surface area contributed by atoms with E-state index in [1.165, 1.54) is 6.07 Å². The number of nitrogens with zero attached hydrogens (tertiary/aromatic N) is 3. The van der Waals surface area contributed by atoms with E-state index >= 15 is 0 Å². The molecule has 0 saturated heterocycles. The minimum Gasteiger partial charge on any atom is -0.352 e. The molecule has 0 aliphatic carbocycles. The van der Waals surface area contributed by atoms with Crippen molar-refractivity contribution in [1.82, 2.24) is 20.1 Å². The Morgan fingerprint density at radius 3 is 2.88 bits per heavy atom. The highest BCUT2D eigenvalue weighted by atomic mass is 32.1. The van der Waals surface area contributed by atoms with Crippen LogP contribution in [0, 0.1) is 12.7 Å². The third kappa shape index (κ3) is 4.30. The van der Waals surface area contributed by atoms with Crippen LogP contribution in [0.25, 0.3) is 11.1 Å². The number of aromatic nitrogens is 3. The molecule has 25 heavy (non-hydrogen) atoms. The number of benzene rings is 1. The van der Waals surface area contributed by atoms with Crippen molar-refractivity contribution < 1.29 is 9.18 Å². The molecule has 3 aromatic rings. The molecule has 0 aliphatic rings. The van der Waals surface area contributed by atoms with Crippen LogP contribution in [-0.2, 0) is 13.5 Å². The Kier molecular flexibility index (Phi) is 5.23. The number of carbonyl (C=O) groups is 1. The summed E-state index contributed by atoms with van der Waals surface area (Å²) in [6.45, 7) is 2.44. The minimum absolute atomic E-state index is 0.0476. The van der Waals surface area contributed by atoms with E-state index in [4.69, 9.17) is 0 Å². The van der Waals surface area contributed by atoms with Crippen molar-refractivity contribution in [2.24, 2.45) is 7.05 Å². The molecule has 0 radical (unpaired) electrons. The molecule has 0 saturated carbocycles. The zero-order valence-electron chi connectivity index (χ0n) is 14.1.